The van der Waals surface area contributed by atoms with Crippen LogP contribution in [0, 0.1) is 0 Å². The van der Waals surface area contributed by atoms with Gasteiger partial charge in [0, 0.05) is 26.1 Å². The number of aliphatic hydroxyl groups excluding tert-OH is 4. The van der Waals surface area contributed by atoms with Crippen LogP contribution in [-0.4, -0.2) is 63.1 Å². The molecule has 0 rings (SSSR count). The van der Waals surface area contributed by atoms with Crippen LogP contribution in [-0.2, 0) is 0 Å². The van der Waals surface area contributed by atoms with E-state index in [9.17, 15) is 5.11 Å². The van der Waals surface area contributed by atoms with Crippen LogP contribution in [0.4, 0.5) is 0 Å². The molecule has 0 heterocycles. The second kappa shape index (κ2) is 5.59. The summed E-state index contributed by atoms with van der Waals surface area (Å²) < 4.78 is 0. The molecule has 0 unspecified atom stereocenters. The van der Waals surface area contributed by atoms with Crippen LogP contribution >= 0.6 is 0 Å². The maximum atomic E-state index is 9.97. The average molecular weight is 209 g/mol. The van der Waals surface area contributed by atoms with Gasteiger partial charge in [0.05, 0.1) is 24.4 Å². The number of nitrogens with two attached hydrogens (primary N) is 1. The molecule has 86 valence electrons. The van der Waals surface area contributed by atoms with Crippen molar-refractivity contribution in [2.45, 2.75) is 24.0 Å². The molecule has 14 heavy (non-hydrogen) atoms. The van der Waals surface area contributed by atoms with E-state index in [1.54, 1.807) is 0 Å². The molecule has 0 aromatic carbocycles. The predicted molar refractivity (Wildman–Crippen MR) is 49.4 cm³/mol. The van der Waals surface area contributed by atoms with Crippen LogP contribution in [0.25, 0.3) is 0 Å². The number of hydrogen-bond donors (Lipinski definition) is 6. The van der Waals surface area contributed by atoms with Gasteiger partial charge in [-0.15, -0.1) is 0 Å². The van der Waals surface area contributed by atoms with Gasteiger partial charge in [-0.3, -0.25) is 0 Å². The monoisotopic (exact) mass is 209 g/mol. The van der Waals surface area contributed by atoms with Gasteiger partial charge in [-0.25, -0.2) is 0 Å². The van der Waals surface area contributed by atoms with Crippen molar-refractivity contribution >= 4 is 0 Å². The molecular formula is C8H19NO5. The average Bonchev–Trinajstić information content (AvgIpc) is 2.17. The summed E-state index contributed by atoms with van der Waals surface area (Å²) in [6.07, 6.45) is -0.212. The van der Waals surface area contributed by atoms with E-state index in [-0.39, 0.29) is 26.1 Å². The van der Waals surface area contributed by atoms with E-state index in [1.165, 1.54) is 0 Å². The molecule has 0 radical (unpaired) electrons. The third-order valence-corrected chi connectivity index (χ3v) is 2.54. The van der Waals surface area contributed by atoms with Crippen molar-refractivity contribution in [1.82, 2.24) is 0 Å². The molecule has 7 N–H and O–H groups in total. The predicted octanol–water partition coefficient (Wildman–Crippen LogP) is -2.84. The first-order valence-electron chi connectivity index (χ1n) is 4.44. The van der Waals surface area contributed by atoms with Crippen LogP contribution in [0.5, 0.6) is 0 Å². The van der Waals surface area contributed by atoms with Gasteiger partial charge in [-0.1, -0.05) is 0 Å². The molecule has 0 aliphatic rings. The Morgan fingerprint density at radius 1 is 0.857 bits per heavy atom. The molecule has 0 atom stereocenters. The van der Waals surface area contributed by atoms with Crippen molar-refractivity contribution in [1.29, 1.82) is 0 Å². The van der Waals surface area contributed by atoms with Crippen molar-refractivity contribution in [2.75, 3.05) is 26.4 Å². The lowest BCUT2D eigenvalue weighted by atomic mass is 9.77. The van der Waals surface area contributed by atoms with E-state index in [2.05, 4.69) is 0 Å². The summed E-state index contributed by atoms with van der Waals surface area (Å²) in [5, 5.41) is 45.3. The van der Waals surface area contributed by atoms with E-state index in [0.29, 0.717) is 0 Å². The van der Waals surface area contributed by atoms with E-state index >= 15 is 0 Å². The van der Waals surface area contributed by atoms with Gasteiger partial charge in [0.25, 0.3) is 0 Å². The number of aliphatic hydroxyl groups is 5. The first-order valence-corrected chi connectivity index (χ1v) is 4.44. The fraction of sp³-hybridized carbons (Fsp3) is 1.00. The molecule has 0 aromatic heterocycles. The topological polar surface area (TPSA) is 127 Å². The van der Waals surface area contributed by atoms with Crippen molar-refractivity contribution in [3.63, 3.8) is 0 Å². The van der Waals surface area contributed by atoms with Crippen molar-refractivity contribution < 1.29 is 25.5 Å². The maximum absolute atomic E-state index is 9.97. The molecule has 0 amide bonds. The quantitative estimate of drug-likeness (QED) is 0.268. The molecule has 0 saturated carbocycles. The van der Waals surface area contributed by atoms with E-state index in [4.69, 9.17) is 26.2 Å². The minimum atomic E-state index is -1.67. The van der Waals surface area contributed by atoms with E-state index in [0.717, 1.165) is 0 Å². The van der Waals surface area contributed by atoms with Gasteiger partial charge >= 0.3 is 0 Å². The highest BCUT2D eigenvalue weighted by Crippen LogP contribution is 2.26. The smallest absolute Gasteiger partial charge is 0.0915 e. The van der Waals surface area contributed by atoms with Gasteiger partial charge in [0.15, 0.2) is 0 Å². The van der Waals surface area contributed by atoms with E-state index < -0.39 is 24.4 Å². The highest BCUT2D eigenvalue weighted by Gasteiger charge is 2.46. The highest BCUT2D eigenvalue weighted by atomic mass is 16.3. The van der Waals surface area contributed by atoms with Crippen molar-refractivity contribution in [3.8, 4) is 0 Å². The summed E-state index contributed by atoms with van der Waals surface area (Å²) in [6.45, 7) is -1.93. The Labute approximate surface area is 82.6 Å². The molecule has 0 aliphatic heterocycles. The summed E-state index contributed by atoms with van der Waals surface area (Å²) in [6, 6.07) is 0. The van der Waals surface area contributed by atoms with Crippen LogP contribution in [0.3, 0.4) is 0 Å². The lowest BCUT2D eigenvalue weighted by Gasteiger charge is -2.42. The normalized spacial score (nSPS) is 13.3. The summed E-state index contributed by atoms with van der Waals surface area (Å²) in [4.78, 5) is 0. The summed E-state index contributed by atoms with van der Waals surface area (Å²) in [7, 11) is 0. The molecule has 0 aromatic rings. The molecule has 0 aliphatic carbocycles. The Morgan fingerprint density at radius 2 is 1.21 bits per heavy atom. The fourth-order valence-electron chi connectivity index (χ4n) is 1.34. The zero-order valence-corrected chi connectivity index (χ0v) is 8.06. The Balaban J connectivity index is 4.75. The molecule has 0 spiro atoms. The first-order chi connectivity index (χ1) is 6.49. The van der Waals surface area contributed by atoms with Crippen LogP contribution < -0.4 is 5.73 Å². The summed E-state index contributed by atoms with van der Waals surface area (Å²) in [5.74, 6) is 0. The molecule has 6 nitrogen and oxygen atoms in total. The molecule has 0 bridgehead atoms. The van der Waals surface area contributed by atoms with Gasteiger partial charge in [-0.2, -0.15) is 0 Å². The SMILES string of the molecule is NC(CO)(CO)C(O)(CCO)CCO. The zero-order chi connectivity index (χ0) is 11.2. The van der Waals surface area contributed by atoms with Crippen molar-refractivity contribution in [3.05, 3.63) is 0 Å². The molecule has 0 saturated heterocycles. The molecular weight excluding hydrogens is 190 g/mol. The Bertz CT molecular complexity index is 154. The lowest BCUT2D eigenvalue weighted by molar-refractivity contribution is -0.102. The standard InChI is InChI=1S/C8H19NO5/c9-7(5-12,6-13)8(14,1-3-10)2-4-11/h10-14H,1-6,9H2. The second-order valence-corrected chi connectivity index (χ2v) is 3.45. The van der Waals surface area contributed by atoms with Gasteiger partial charge in [-0.05, 0) is 0 Å². The zero-order valence-electron chi connectivity index (χ0n) is 8.06. The third kappa shape index (κ3) is 2.63. The first kappa shape index (κ1) is 13.8. The highest BCUT2D eigenvalue weighted by molar-refractivity contribution is 5.03. The van der Waals surface area contributed by atoms with Crippen LogP contribution in [0.1, 0.15) is 12.8 Å². The largest absolute Gasteiger partial charge is 0.396 e. The molecule has 0 fully saturated rings. The summed E-state index contributed by atoms with van der Waals surface area (Å²) in [5.41, 5.74) is 2.30. The Morgan fingerprint density at radius 3 is 1.43 bits per heavy atom. The molecule has 6 heteroatoms. The van der Waals surface area contributed by atoms with Crippen LogP contribution in [0.2, 0.25) is 0 Å². The van der Waals surface area contributed by atoms with Crippen molar-refractivity contribution in [2.24, 2.45) is 5.73 Å². The Hall–Kier alpha value is -0.240. The second-order valence-electron chi connectivity index (χ2n) is 3.45. The number of rotatable bonds is 7. The van der Waals surface area contributed by atoms with Crippen LogP contribution in [0.15, 0.2) is 0 Å². The van der Waals surface area contributed by atoms with Gasteiger partial charge in [0.2, 0.25) is 0 Å². The van der Waals surface area contributed by atoms with Gasteiger partial charge < -0.3 is 31.3 Å². The summed E-state index contributed by atoms with van der Waals surface area (Å²) >= 11 is 0. The Kier molecular flexibility index (Phi) is 5.50. The van der Waals surface area contributed by atoms with Gasteiger partial charge in [0.1, 0.15) is 0 Å². The third-order valence-electron chi connectivity index (χ3n) is 2.54. The minimum Gasteiger partial charge on any atom is -0.396 e. The maximum Gasteiger partial charge on any atom is 0.0915 e. The number of hydrogen-bond acceptors (Lipinski definition) is 6. The van der Waals surface area contributed by atoms with E-state index in [1.807, 2.05) is 0 Å². The minimum absolute atomic E-state index is 0.106. The fourth-order valence-corrected chi connectivity index (χ4v) is 1.34. The lowest BCUT2D eigenvalue weighted by Crippen LogP contribution is -2.66.